The lowest BCUT2D eigenvalue weighted by Crippen LogP contribution is -2.08. The van der Waals surface area contributed by atoms with Gasteiger partial charge in [0.1, 0.15) is 0 Å². The van der Waals surface area contributed by atoms with E-state index in [0.29, 0.717) is 11.8 Å². The van der Waals surface area contributed by atoms with Crippen molar-refractivity contribution in [3.8, 4) is 0 Å². The molecule has 3 nitrogen and oxygen atoms in total. The van der Waals surface area contributed by atoms with E-state index in [4.69, 9.17) is 11.6 Å². The Kier molecular flexibility index (Phi) is 2.88. The first-order chi connectivity index (χ1) is 5.24. The monoisotopic (exact) mass is 173 g/mol. The zero-order chi connectivity index (χ0) is 8.27. The average Bonchev–Trinajstić information content (AvgIpc) is 2.34. The highest BCUT2D eigenvalue weighted by molar-refractivity contribution is 6.16. The van der Waals surface area contributed by atoms with E-state index in [9.17, 15) is 0 Å². The summed E-state index contributed by atoms with van der Waals surface area (Å²) in [5, 5.41) is 7.68. The van der Waals surface area contributed by atoms with Crippen LogP contribution >= 0.6 is 11.6 Å². The predicted molar refractivity (Wildman–Crippen MR) is 44.4 cm³/mol. The molecule has 0 aliphatic heterocycles. The number of nitrogens with zero attached hydrogens (tertiary/aromatic N) is 3. The Morgan fingerprint density at radius 3 is 2.91 bits per heavy atom. The fraction of sp³-hybridized carbons (Fsp3) is 0.714. The van der Waals surface area contributed by atoms with E-state index in [0.717, 1.165) is 12.2 Å². The van der Waals surface area contributed by atoms with Gasteiger partial charge < -0.3 is 0 Å². The minimum atomic E-state index is 0.486. The van der Waals surface area contributed by atoms with Crippen LogP contribution in [0.1, 0.15) is 19.5 Å². The lowest BCUT2D eigenvalue weighted by molar-refractivity contribution is 0.463. The van der Waals surface area contributed by atoms with Gasteiger partial charge in [-0.1, -0.05) is 19.1 Å². The molecule has 0 radical (unpaired) electrons. The molecule has 11 heavy (non-hydrogen) atoms. The fourth-order valence-corrected chi connectivity index (χ4v) is 1.09. The minimum Gasteiger partial charge on any atom is -0.248 e. The van der Waals surface area contributed by atoms with Crippen molar-refractivity contribution >= 4 is 11.6 Å². The summed E-state index contributed by atoms with van der Waals surface area (Å²) in [6, 6.07) is 0. The Balaban J connectivity index is 2.68. The first-order valence-corrected chi connectivity index (χ1v) is 4.20. The van der Waals surface area contributed by atoms with Gasteiger partial charge in [0, 0.05) is 6.54 Å². The summed E-state index contributed by atoms with van der Waals surface area (Å²) in [5.74, 6) is 1.07. The van der Waals surface area contributed by atoms with Gasteiger partial charge in [-0.25, -0.2) is 4.68 Å². The second-order valence-corrected chi connectivity index (χ2v) is 3.20. The summed E-state index contributed by atoms with van der Waals surface area (Å²) in [4.78, 5) is 0. The molecule has 0 N–H and O–H groups in total. The van der Waals surface area contributed by atoms with Gasteiger partial charge in [-0.15, -0.1) is 16.7 Å². The lowest BCUT2D eigenvalue weighted by atomic mass is 10.2. The van der Waals surface area contributed by atoms with Crippen LogP contribution in [0.2, 0.25) is 0 Å². The molecular formula is C7H12ClN3. The Bertz CT molecular complexity index is 219. The fourth-order valence-electron chi connectivity index (χ4n) is 0.882. The predicted octanol–water partition coefficient (Wildman–Crippen LogP) is 1.67. The van der Waals surface area contributed by atoms with Crippen molar-refractivity contribution in [1.82, 2.24) is 15.0 Å². The Hall–Kier alpha value is -0.570. The normalized spacial score (nSPS) is 10.9. The van der Waals surface area contributed by atoms with E-state index in [1.165, 1.54) is 0 Å². The third-order valence-electron chi connectivity index (χ3n) is 1.37. The molecule has 1 heterocycles. The first-order valence-electron chi connectivity index (χ1n) is 3.67. The molecule has 1 aromatic heterocycles. The molecule has 0 spiro atoms. The van der Waals surface area contributed by atoms with Gasteiger partial charge in [0.25, 0.3) is 0 Å². The van der Waals surface area contributed by atoms with Gasteiger partial charge >= 0.3 is 0 Å². The van der Waals surface area contributed by atoms with E-state index in [1.807, 2.05) is 4.68 Å². The van der Waals surface area contributed by atoms with Crippen molar-refractivity contribution in [2.24, 2.45) is 5.92 Å². The van der Waals surface area contributed by atoms with Crippen LogP contribution in [0.15, 0.2) is 6.20 Å². The van der Waals surface area contributed by atoms with Crippen molar-refractivity contribution < 1.29 is 0 Å². The summed E-state index contributed by atoms with van der Waals surface area (Å²) < 4.78 is 1.84. The van der Waals surface area contributed by atoms with E-state index in [-0.39, 0.29) is 0 Å². The van der Waals surface area contributed by atoms with E-state index < -0.39 is 0 Å². The average molecular weight is 174 g/mol. The Morgan fingerprint density at radius 1 is 1.64 bits per heavy atom. The summed E-state index contributed by atoms with van der Waals surface area (Å²) in [7, 11) is 0. The molecule has 4 heteroatoms. The quantitative estimate of drug-likeness (QED) is 0.652. The van der Waals surface area contributed by atoms with Gasteiger partial charge in [0.05, 0.1) is 17.8 Å². The van der Waals surface area contributed by atoms with Crippen molar-refractivity contribution in [2.75, 3.05) is 0 Å². The highest BCUT2D eigenvalue weighted by Crippen LogP contribution is 2.04. The molecule has 0 saturated carbocycles. The van der Waals surface area contributed by atoms with Gasteiger partial charge in [-0.3, -0.25) is 0 Å². The molecule has 0 unspecified atom stereocenters. The van der Waals surface area contributed by atoms with Crippen LogP contribution < -0.4 is 0 Å². The van der Waals surface area contributed by atoms with Crippen LogP contribution in [0.25, 0.3) is 0 Å². The third kappa shape index (κ3) is 2.19. The molecule has 0 aromatic carbocycles. The van der Waals surface area contributed by atoms with Gasteiger partial charge in [-0.2, -0.15) is 0 Å². The highest BCUT2D eigenvalue weighted by Gasteiger charge is 2.03. The number of hydrogen-bond acceptors (Lipinski definition) is 2. The maximum Gasteiger partial charge on any atom is 0.0737 e. The standard InChI is InChI=1S/C7H12ClN3/c1-6(2)5-11-7(3-8)4-9-10-11/h4,6H,3,5H2,1-2H3. The van der Waals surface area contributed by atoms with Gasteiger partial charge in [-0.05, 0) is 5.92 Å². The third-order valence-corrected chi connectivity index (χ3v) is 1.65. The first kappa shape index (κ1) is 8.53. The molecule has 0 saturated heterocycles. The Morgan fingerprint density at radius 2 is 2.36 bits per heavy atom. The SMILES string of the molecule is CC(C)Cn1nncc1CCl. The van der Waals surface area contributed by atoms with Crippen LogP contribution in [-0.4, -0.2) is 15.0 Å². The number of alkyl halides is 1. The Labute approximate surface area is 71.4 Å². The summed E-state index contributed by atoms with van der Waals surface area (Å²) in [6.45, 7) is 5.17. The van der Waals surface area contributed by atoms with Crippen LogP contribution in [0.3, 0.4) is 0 Å². The van der Waals surface area contributed by atoms with Crippen LogP contribution in [-0.2, 0) is 12.4 Å². The number of halogens is 1. The molecule has 0 atom stereocenters. The smallest absolute Gasteiger partial charge is 0.0737 e. The van der Waals surface area contributed by atoms with Crippen LogP contribution in [0.5, 0.6) is 0 Å². The highest BCUT2D eigenvalue weighted by atomic mass is 35.5. The molecular weight excluding hydrogens is 162 g/mol. The van der Waals surface area contributed by atoms with Crippen molar-refractivity contribution in [2.45, 2.75) is 26.3 Å². The topological polar surface area (TPSA) is 30.7 Å². The molecule has 0 aliphatic rings. The zero-order valence-corrected chi connectivity index (χ0v) is 7.54. The zero-order valence-electron chi connectivity index (χ0n) is 6.79. The number of hydrogen-bond donors (Lipinski definition) is 0. The summed E-state index contributed by atoms with van der Waals surface area (Å²) >= 11 is 5.66. The van der Waals surface area contributed by atoms with Gasteiger partial charge in [0.15, 0.2) is 0 Å². The van der Waals surface area contributed by atoms with E-state index >= 15 is 0 Å². The number of aromatic nitrogens is 3. The molecule has 1 aromatic rings. The van der Waals surface area contributed by atoms with E-state index in [2.05, 4.69) is 24.2 Å². The van der Waals surface area contributed by atoms with Crippen molar-refractivity contribution in [3.63, 3.8) is 0 Å². The van der Waals surface area contributed by atoms with Crippen LogP contribution in [0, 0.1) is 5.92 Å². The molecule has 0 amide bonds. The van der Waals surface area contributed by atoms with E-state index in [1.54, 1.807) is 6.20 Å². The lowest BCUT2D eigenvalue weighted by Gasteiger charge is -2.05. The maximum absolute atomic E-state index is 5.66. The van der Waals surface area contributed by atoms with Gasteiger partial charge in [0.2, 0.25) is 0 Å². The summed E-state index contributed by atoms with van der Waals surface area (Å²) in [6.07, 6.45) is 1.70. The summed E-state index contributed by atoms with van der Waals surface area (Å²) in [5.41, 5.74) is 0.986. The molecule has 0 aliphatic carbocycles. The molecule has 62 valence electrons. The van der Waals surface area contributed by atoms with Crippen molar-refractivity contribution in [3.05, 3.63) is 11.9 Å². The molecule has 0 bridgehead atoms. The molecule has 1 rings (SSSR count). The van der Waals surface area contributed by atoms with Crippen molar-refractivity contribution in [1.29, 1.82) is 0 Å². The second-order valence-electron chi connectivity index (χ2n) is 2.93. The maximum atomic E-state index is 5.66. The largest absolute Gasteiger partial charge is 0.248 e. The second kappa shape index (κ2) is 3.72. The number of rotatable bonds is 3. The van der Waals surface area contributed by atoms with Crippen LogP contribution in [0.4, 0.5) is 0 Å². The minimum absolute atomic E-state index is 0.486. The molecule has 0 fully saturated rings.